The van der Waals surface area contributed by atoms with Crippen LogP contribution >= 0.6 is 0 Å². The number of alkyl halides is 3. The van der Waals surface area contributed by atoms with E-state index >= 15 is 0 Å². The van der Waals surface area contributed by atoms with E-state index in [1.807, 2.05) is 0 Å². The molecule has 0 bridgehead atoms. The van der Waals surface area contributed by atoms with Crippen LogP contribution in [0.25, 0.3) is 0 Å². The van der Waals surface area contributed by atoms with Crippen LogP contribution in [0.4, 0.5) is 13.2 Å². The lowest BCUT2D eigenvalue weighted by Gasteiger charge is -2.43. The van der Waals surface area contributed by atoms with Gasteiger partial charge < -0.3 is 10.4 Å². The van der Waals surface area contributed by atoms with Crippen molar-refractivity contribution in [2.24, 2.45) is 0 Å². The van der Waals surface area contributed by atoms with Crippen molar-refractivity contribution in [3.8, 4) is 0 Å². The van der Waals surface area contributed by atoms with E-state index in [0.29, 0.717) is 18.7 Å². The Hall–Kier alpha value is -1.60. The third kappa shape index (κ3) is 3.98. The first-order valence-electron chi connectivity index (χ1n) is 7.13. The molecule has 1 heterocycles. The van der Waals surface area contributed by atoms with E-state index in [2.05, 4.69) is 5.32 Å². The smallest absolute Gasteiger partial charge is 0.391 e. The quantitative estimate of drug-likeness (QED) is 0.871. The van der Waals surface area contributed by atoms with Gasteiger partial charge in [0.15, 0.2) is 0 Å². The highest BCUT2D eigenvalue weighted by atomic mass is 19.4. The topological polar surface area (TPSA) is 52.6 Å². The van der Waals surface area contributed by atoms with Crippen LogP contribution in [0.1, 0.15) is 12.0 Å². The number of hydrogen-bond acceptors (Lipinski definition) is 3. The molecule has 0 amide bonds. The van der Waals surface area contributed by atoms with Crippen molar-refractivity contribution < 1.29 is 23.1 Å². The molecule has 1 unspecified atom stereocenters. The van der Waals surface area contributed by atoms with E-state index in [0.717, 1.165) is 0 Å². The number of nitrogens with zero attached hydrogens (tertiary/aromatic N) is 1. The number of carbonyl (C=O) groups is 1. The first-order valence-corrected chi connectivity index (χ1v) is 7.13. The Morgan fingerprint density at radius 2 is 1.77 bits per heavy atom. The second kappa shape index (κ2) is 6.66. The van der Waals surface area contributed by atoms with Crippen LogP contribution in [-0.4, -0.2) is 53.9 Å². The maximum Gasteiger partial charge on any atom is 0.391 e. The number of carboxylic acids is 1. The van der Waals surface area contributed by atoms with Crippen molar-refractivity contribution >= 4 is 5.97 Å². The number of halogens is 3. The Kier molecular flexibility index (Phi) is 5.08. The van der Waals surface area contributed by atoms with E-state index < -0.39 is 24.1 Å². The summed E-state index contributed by atoms with van der Waals surface area (Å²) >= 11 is 0. The van der Waals surface area contributed by atoms with E-state index in [4.69, 9.17) is 0 Å². The van der Waals surface area contributed by atoms with Gasteiger partial charge in [0.1, 0.15) is 5.54 Å². The lowest BCUT2D eigenvalue weighted by atomic mass is 9.84. The molecule has 1 atom stereocenters. The third-order valence-corrected chi connectivity index (χ3v) is 3.95. The van der Waals surface area contributed by atoms with Crippen LogP contribution in [-0.2, 0) is 11.2 Å². The second-order valence-corrected chi connectivity index (χ2v) is 5.53. The van der Waals surface area contributed by atoms with Crippen LogP contribution in [0.3, 0.4) is 0 Å². The van der Waals surface area contributed by atoms with E-state index in [9.17, 15) is 23.1 Å². The molecule has 22 heavy (non-hydrogen) atoms. The van der Waals surface area contributed by atoms with Crippen molar-refractivity contribution in [3.05, 3.63) is 35.9 Å². The molecule has 1 aromatic carbocycles. The maximum absolute atomic E-state index is 13.1. The van der Waals surface area contributed by atoms with Crippen molar-refractivity contribution in [1.82, 2.24) is 10.2 Å². The molecule has 1 aromatic rings. The zero-order chi connectivity index (χ0) is 16.2. The molecule has 1 aliphatic rings. The molecule has 0 aliphatic carbocycles. The van der Waals surface area contributed by atoms with Gasteiger partial charge in [-0.15, -0.1) is 0 Å². The Bertz CT molecular complexity index is 501. The molecule has 122 valence electrons. The highest BCUT2D eigenvalue weighted by Gasteiger charge is 2.52. The predicted molar refractivity (Wildman–Crippen MR) is 75.6 cm³/mol. The zero-order valence-electron chi connectivity index (χ0n) is 12.1. The summed E-state index contributed by atoms with van der Waals surface area (Å²) in [7, 11) is 0. The molecule has 2 N–H and O–H groups in total. The summed E-state index contributed by atoms with van der Waals surface area (Å²) in [5.74, 6) is -1.42. The summed E-state index contributed by atoms with van der Waals surface area (Å²) in [6, 6.07) is 8.48. The van der Waals surface area contributed by atoms with Gasteiger partial charge in [-0.3, -0.25) is 9.69 Å². The number of hydrogen-bond donors (Lipinski definition) is 2. The summed E-state index contributed by atoms with van der Waals surface area (Å²) in [5.41, 5.74) is -1.37. The number of carboxylic acid groups (broad SMARTS) is 1. The fourth-order valence-corrected chi connectivity index (χ4v) is 2.93. The van der Waals surface area contributed by atoms with Gasteiger partial charge in [0.25, 0.3) is 0 Å². The molecule has 0 saturated carbocycles. The van der Waals surface area contributed by atoms with E-state index in [1.54, 1.807) is 30.3 Å². The van der Waals surface area contributed by atoms with Crippen molar-refractivity contribution in [2.45, 2.75) is 24.6 Å². The molecule has 1 aliphatic heterocycles. The van der Waals surface area contributed by atoms with Crippen molar-refractivity contribution in [2.75, 3.05) is 26.2 Å². The average Bonchev–Trinajstić information content (AvgIpc) is 2.47. The van der Waals surface area contributed by atoms with Crippen molar-refractivity contribution in [1.29, 1.82) is 0 Å². The number of piperazine rings is 1. The van der Waals surface area contributed by atoms with Gasteiger partial charge >= 0.3 is 12.1 Å². The molecule has 2 rings (SSSR count). The summed E-state index contributed by atoms with van der Waals surface area (Å²) in [6.07, 6.45) is -6.06. The minimum Gasteiger partial charge on any atom is -0.480 e. The van der Waals surface area contributed by atoms with Crippen LogP contribution in [0, 0.1) is 0 Å². The SMILES string of the molecule is O=C(O)C(Cc1ccccc1)(CC(F)(F)F)N1CCNCC1. The fraction of sp³-hybridized carbons (Fsp3) is 0.533. The first kappa shape index (κ1) is 16.8. The number of aliphatic carboxylic acids is 1. The first-order chi connectivity index (χ1) is 10.3. The van der Waals surface area contributed by atoms with E-state index in [-0.39, 0.29) is 19.5 Å². The zero-order valence-corrected chi connectivity index (χ0v) is 12.1. The highest BCUT2D eigenvalue weighted by Crippen LogP contribution is 2.35. The maximum atomic E-state index is 13.1. The van der Waals surface area contributed by atoms with Gasteiger partial charge in [-0.05, 0) is 5.56 Å². The van der Waals surface area contributed by atoms with E-state index in [1.165, 1.54) is 4.90 Å². The summed E-state index contributed by atoms with van der Waals surface area (Å²) in [5, 5.41) is 12.7. The molecule has 1 saturated heterocycles. The lowest BCUT2D eigenvalue weighted by molar-refractivity contribution is -0.184. The minimum absolute atomic E-state index is 0.164. The Labute approximate surface area is 126 Å². The number of nitrogens with one attached hydrogen (secondary N) is 1. The molecule has 0 radical (unpaired) electrons. The number of benzene rings is 1. The molecule has 0 spiro atoms. The average molecular weight is 316 g/mol. The van der Waals surface area contributed by atoms with Gasteiger partial charge in [0.05, 0.1) is 6.42 Å². The molecule has 1 fully saturated rings. The van der Waals surface area contributed by atoms with Gasteiger partial charge in [-0.25, -0.2) is 0 Å². The van der Waals surface area contributed by atoms with Crippen LogP contribution in [0.5, 0.6) is 0 Å². The molecular formula is C15H19F3N2O2. The molecule has 0 aromatic heterocycles. The second-order valence-electron chi connectivity index (χ2n) is 5.53. The minimum atomic E-state index is -4.54. The van der Waals surface area contributed by atoms with Gasteiger partial charge in [-0.2, -0.15) is 13.2 Å². The van der Waals surface area contributed by atoms with Gasteiger partial charge in [-0.1, -0.05) is 30.3 Å². The standard InChI is InChI=1S/C15H19F3N2O2/c16-15(17,18)11-14(13(21)22,20-8-6-19-7-9-20)10-12-4-2-1-3-5-12/h1-5,19H,6-11H2,(H,21,22). The Morgan fingerprint density at radius 1 is 1.18 bits per heavy atom. The highest BCUT2D eigenvalue weighted by molar-refractivity contribution is 5.79. The van der Waals surface area contributed by atoms with Gasteiger partial charge in [0, 0.05) is 32.6 Å². The van der Waals surface area contributed by atoms with Crippen LogP contribution in [0.2, 0.25) is 0 Å². The van der Waals surface area contributed by atoms with Crippen LogP contribution in [0.15, 0.2) is 30.3 Å². The van der Waals surface area contributed by atoms with Crippen molar-refractivity contribution in [3.63, 3.8) is 0 Å². The summed E-state index contributed by atoms with van der Waals surface area (Å²) in [4.78, 5) is 13.3. The third-order valence-electron chi connectivity index (χ3n) is 3.95. The molecular weight excluding hydrogens is 297 g/mol. The Balaban J connectivity index is 2.37. The van der Waals surface area contributed by atoms with Gasteiger partial charge in [0.2, 0.25) is 0 Å². The number of rotatable bonds is 5. The monoisotopic (exact) mass is 316 g/mol. The molecule has 4 nitrogen and oxygen atoms in total. The normalized spacial score (nSPS) is 19.6. The summed E-state index contributed by atoms with van der Waals surface area (Å²) < 4.78 is 39.2. The fourth-order valence-electron chi connectivity index (χ4n) is 2.93. The molecule has 7 heteroatoms. The predicted octanol–water partition coefficient (Wildman–Crippen LogP) is 1.91. The Morgan fingerprint density at radius 3 is 2.27 bits per heavy atom. The van der Waals surface area contributed by atoms with Crippen LogP contribution < -0.4 is 5.32 Å². The summed E-state index contributed by atoms with van der Waals surface area (Å²) in [6.45, 7) is 1.55. The lowest BCUT2D eigenvalue weighted by Crippen LogP contribution is -2.62. The largest absolute Gasteiger partial charge is 0.480 e.